The van der Waals surface area contributed by atoms with Gasteiger partial charge in [0.25, 0.3) is 5.91 Å². The highest BCUT2D eigenvalue weighted by Crippen LogP contribution is 2.29. The van der Waals surface area contributed by atoms with Crippen LogP contribution < -0.4 is 10.6 Å². The van der Waals surface area contributed by atoms with Crippen molar-refractivity contribution in [1.29, 1.82) is 5.26 Å². The highest BCUT2D eigenvalue weighted by atomic mass is 16.2. The summed E-state index contributed by atoms with van der Waals surface area (Å²) in [5.41, 5.74) is 3.30. The van der Waals surface area contributed by atoms with E-state index in [-0.39, 0.29) is 6.54 Å². The first-order valence-corrected chi connectivity index (χ1v) is 9.18. The molecular formula is C22H22N4O3. The number of anilines is 1. The lowest BCUT2D eigenvalue weighted by Gasteiger charge is -2.22. The molecular weight excluding hydrogens is 368 g/mol. The Labute approximate surface area is 169 Å². The average molecular weight is 390 g/mol. The topological polar surface area (TPSA) is 102 Å². The second kappa shape index (κ2) is 7.40. The van der Waals surface area contributed by atoms with Crippen LogP contribution in [0.3, 0.4) is 0 Å². The van der Waals surface area contributed by atoms with Crippen LogP contribution in [-0.4, -0.2) is 29.3 Å². The fourth-order valence-corrected chi connectivity index (χ4v) is 3.61. The number of imide groups is 1. The molecule has 148 valence electrons. The zero-order valence-corrected chi connectivity index (χ0v) is 16.8. The van der Waals surface area contributed by atoms with Crippen molar-refractivity contribution in [3.63, 3.8) is 0 Å². The molecule has 0 bridgehead atoms. The van der Waals surface area contributed by atoms with Gasteiger partial charge in [-0.2, -0.15) is 5.26 Å². The van der Waals surface area contributed by atoms with E-state index in [1.54, 1.807) is 31.2 Å². The van der Waals surface area contributed by atoms with E-state index in [2.05, 4.69) is 10.6 Å². The summed E-state index contributed by atoms with van der Waals surface area (Å²) in [6, 6.07) is 11.7. The normalized spacial score (nSPS) is 18.4. The van der Waals surface area contributed by atoms with Gasteiger partial charge in [-0.3, -0.25) is 14.5 Å². The van der Waals surface area contributed by atoms with Gasteiger partial charge in [0, 0.05) is 5.69 Å². The maximum atomic E-state index is 13.0. The van der Waals surface area contributed by atoms with Gasteiger partial charge in [-0.05, 0) is 56.5 Å². The first-order chi connectivity index (χ1) is 13.7. The first kappa shape index (κ1) is 20.1. The van der Waals surface area contributed by atoms with Crippen molar-refractivity contribution in [1.82, 2.24) is 10.2 Å². The Balaban J connectivity index is 1.78. The summed E-state index contributed by atoms with van der Waals surface area (Å²) in [4.78, 5) is 38.8. The average Bonchev–Trinajstić information content (AvgIpc) is 2.88. The van der Waals surface area contributed by atoms with E-state index >= 15 is 0 Å². The van der Waals surface area contributed by atoms with Gasteiger partial charge in [-0.15, -0.1) is 0 Å². The van der Waals surface area contributed by atoms with Crippen LogP contribution in [0.5, 0.6) is 0 Å². The van der Waals surface area contributed by atoms with Crippen molar-refractivity contribution < 1.29 is 14.4 Å². The summed E-state index contributed by atoms with van der Waals surface area (Å²) in [6.07, 6.45) is 0. The Bertz CT molecular complexity index is 1030. The lowest BCUT2D eigenvalue weighted by atomic mass is 9.91. The van der Waals surface area contributed by atoms with Gasteiger partial charge in [-0.25, -0.2) is 4.79 Å². The number of amides is 4. The number of urea groups is 1. The van der Waals surface area contributed by atoms with E-state index < -0.39 is 23.4 Å². The Morgan fingerprint density at radius 1 is 1.14 bits per heavy atom. The molecule has 1 atom stereocenters. The van der Waals surface area contributed by atoms with E-state index in [1.807, 2.05) is 39.0 Å². The molecule has 7 nitrogen and oxygen atoms in total. The molecule has 7 heteroatoms. The minimum Gasteiger partial charge on any atom is -0.324 e. The third-order valence-electron chi connectivity index (χ3n) is 5.11. The van der Waals surface area contributed by atoms with Crippen molar-refractivity contribution in [2.75, 3.05) is 11.9 Å². The molecule has 0 aliphatic carbocycles. The number of rotatable bonds is 4. The van der Waals surface area contributed by atoms with Crippen LogP contribution in [0.4, 0.5) is 10.5 Å². The summed E-state index contributed by atoms with van der Waals surface area (Å²) in [5.74, 6) is -0.965. The number of aryl methyl sites for hydroxylation is 3. The number of benzene rings is 2. The Morgan fingerprint density at radius 3 is 2.28 bits per heavy atom. The summed E-state index contributed by atoms with van der Waals surface area (Å²) >= 11 is 0. The minimum absolute atomic E-state index is 0.386. The van der Waals surface area contributed by atoms with Crippen LogP contribution in [0.25, 0.3) is 0 Å². The predicted molar refractivity (Wildman–Crippen MR) is 108 cm³/mol. The van der Waals surface area contributed by atoms with Crippen LogP contribution in [0.2, 0.25) is 0 Å². The molecule has 1 saturated heterocycles. The molecule has 3 rings (SSSR count). The monoisotopic (exact) mass is 390 g/mol. The third kappa shape index (κ3) is 3.69. The summed E-state index contributed by atoms with van der Waals surface area (Å²) in [7, 11) is 0. The van der Waals surface area contributed by atoms with Gasteiger partial charge in [0.05, 0.1) is 11.6 Å². The lowest BCUT2D eigenvalue weighted by molar-refractivity contribution is -0.133. The molecule has 1 aliphatic heterocycles. The van der Waals surface area contributed by atoms with Gasteiger partial charge in [-0.1, -0.05) is 29.8 Å². The lowest BCUT2D eigenvalue weighted by Crippen LogP contribution is -2.42. The molecule has 4 amide bonds. The Kier molecular flexibility index (Phi) is 5.12. The second-order valence-electron chi connectivity index (χ2n) is 7.46. The molecule has 2 N–H and O–H groups in total. The van der Waals surface area contributed by atoms with Gasteiger partial charge in [0.2, 0.25) is 5.91 Å². The number of carbonyl (C=O) groups excluding carboxylic acids is 3. The molecule has 1 unspecified atom stereocenters. The molecule has 1 fully saturated rings. The van der Waals surface area contributed by atoms with Gasteiger partial charge < -0.3 is 10.6 Å². The van der Waals surface area contributed by atoms with Crippen molar-refractivity contribution in [3.05, 3.63) is 64.2 Å². The molecule has 0 spiro atoms. The van der Waals surface area contributed by atoms with Crippen LogP contribution in [0.1, 0.15) is 34.7 Å². The highest BCUT2D eigenvalue weighted by molar-refractivity contribution is 6.10. The van der Waals surface area contributed by atoms with Crippen molar-refractivity contribution in [2.24, 2.45) is 0 Å². The standard InChI is InChI=1S/C22H22N4O3/c1-13-9-14(2)19(15(3)10-13)24-18(27)12-26-20(28)22(4,25-21(26)29)17-7-5-16(11-23)6-8-17/h5-10H,12H2,1-4H3,(H,24,27)(H,25,29). The second-order valence-corrected chi connectivity index (χ2v) is 7.46. The number of nitrogens with zero attached hydrogens (tertiary/aromatic N) is 2. The zero-order valence-electron chi connectivity index (χ0n) is 16.8. The van der Waals surface area contributed by atoms with Crippen molar-refractivity contribution in [3.8, 4) is 6.07 Å². The molecule has 1 heterocycles. The SMILES string of the molecule is Cc1cc(C)c(NC(=O)CN2C(=O)NC(C)(c3ccc(C#N)cc3)C2=O)c(C)c1. The maximum Gasteiger partial charge on any atom is 0.325 e. The van der Waals surface area contributed by atoms with Crippen molar-refractivity contribution in [2.45, 2.75) is 33.2 Å². The largest absolute Gasteiger partial charge is 0.325 e. The van der Waals surface area contributed by atoms with E-state index in [0.29, 0.717) is 16.8 Å². The molecule has 1 aliphatic rings. The summed E-state index contributed by atoms with van der Waals surface area (Å²) < 4.78 is 0. The Morgan fingerprint density at radius 2 is 1.72 bits per heavy atom. The number of nitriles is 1. The molecule has 0 radical (unpaired) electrons. The van der Waals surface area contributed by atoms with Crippen LogP contribution in [0, 0.1) is 32.1 Å². The van der Waals surface area contributed by atoms with E-state index in [9.17, 15) is 14.4 Å². The third-order valence-corrected chi connectivity index (χ3v) is 5.11. The quantitative estimate of drug-likeness (QED) is 0.784. The fraction of sp³-hybridized carbons (Fsp3) is 0.273. The van der Waals surface area contributed by atoms with E-state index in [4.69, 9.17) is 5.26 Å². The van der Waals surface area contributed by atoms with Crippen molar-refractivity contribution >= 4 is 23.5 Å². The molecule has 2 aromatic rings. The molecule has 0 aromatic heterocycles. The summed E-state index contributed by atoms with van der Waals surface area (Å²) in [5, 5.41) is 14.4. The van der Waals surface area contributed by atoms with Gasteiger partial charge in [0.1, 0.15) is 12.1 Å². The molecule has 0 saturated carbocycles. The van der Waals surface area contributed by atoms with E-state index in [1.165, 1.54) is 0 Å². The highest BCUT2D eigenvalue weighted by Gasteiger charge is 2.49. The first-order valence-electron chi connectivity index (χ1n) is 9.18. The van der Waals surface area contributed by atoms with Crippen LogP contribution in [-0.2, 0) is 15.1 Å². The Hall–Kier alpha value is -3.66. The number of hydrogen-bond donors (Lipinski definition) is 2. The maximum absolute atomic E-state index is 13.0. The van der Waals surface area contributed by atoms with E-state index in [0.717, 1.165) is 21.6 Å². The van der Waals surface area contributed by atoms with Crippen LogP contribution in [0.15, 0.2) is 36.4 Å². The molecule has 2 aromatic carbocycles. The zero-order chi connectivity index (χ0) is 21.3. The minimum atomic E-state index is -1.29. The smallest absolute Gasteiger partial charge is 0.324 e. The predicted octanol–water partition coefficient (Wildman–Crippen LogP) is 2.89. The number of nitrogens with one attached hydrogen (secondary N) is 2. The molecule has 29 heavy (non-hydrogen) atoms. The van der Waals surface area contributed by atoms with Gasteiger partial charge in [0.15, 0.2) is 0 Å². The fourth-order valence-electron chi connectivity index (χ4n) is 3.61. The summed E-state index contributed by atoms with van der Waals surface area (Å²) in [6.45, 7) is 6.96. The van der Waals surface area contributed by atoms with Crippen LogP contribution >= 0.6 is 0 Å². The van der Waals surface area contributed by atoms with Gasteiger partial charge >= 0.3 is 6.03 Å². The number of carbonyl (C=O) groups is 3. The number of hydrogen-bond acceptors (Lipinski definition) is 4.